The molecule has 1 fully saturated rings. The van der Waals surface area contributed by atoms with Crippen molar-refractivity contribution in [3.8, 4) is 17.6 Å². The van der Waals surface area contributed by atoms with Crippen molar-refractivity contribution in [3.63, 3.8) is 0 Å². The second-order valence-corrected chi connectivity index (χ2v) is 9.03. The molecule has 0 aliphatic carbocycles. The summed E-state index contributed by atoms with van der Waals surface area (Å²) in [5, 5.41) is 21.6. The highest BCUT2D eigenvalue weighted by atomic mass is 19.1. The van der Waals surface area contributed by atoms with Crippen LogP contribution >= 0.6 is 0 Å². The molecule has 6 nitrogen and oxygen atoms in total. The van der Waals surface area contributed by atoms with E-state index in [4.69, 9.17) is 4.74 Å². The van der Waals surface area contributed by atoms with E-state index in [0.717, 1.165) is 34.7 Å². The van der Waals surface area contributed by atoms with Gasteiger partial charge in [0.05, 0.1) is 36.8 Å². The van der Waals surface area contributed by atoms with E-state index >= 15 is 0 Å². The number of aromatic nitrogens is 1. The second-order valence-electron chi connectivity index (χ2n) is 9.03. The summed E-state index contributed by atoms with van der Waals surface area (Å²) in [7, 11) is 1.58. The first-order valence-electron chi connectivity index (χ1n) is 11.9. The van der Waals surface area contributed by atoms with Gasteiger partial charge in [-0.05, 0) is 79.8 Å². The minimum absolute atomic E-state index is 0.0186. The third-order valence-corrected chi connectivity index (χ3v) is 6.76. The van der Waals surface area contributed by atoms with Crippen LogP contribution in [0.4, 0.5) is 8.78 Å². The minimum atomic E-state index is -0.887. The molecule has 1 saturated heterocycles. The van der Waals surface area contributed by atoms with E-state index in [0.29, 0.717) is 38.1 Å². The average Bonchev–Trinajstić information content (AvgIpc) is 2.88. The molecule has 36 heavy (non-hydrogen) atoms. The fourth-order valence-corrected chi connectivity index (χ4v) is 4.77. The Labute approximate surface area is 208 Å². The smallest absolute Gasteiger partial charge is 0.308 e. The highest BCUT2D eigenvalue weighted by Crippen LogP contribution is 2.33. The summed E-state index contributed by atoms with van der Waals surface area (Å²) in [6.45, 7) is 1.21. The number of carboxylic acids is 1. The van der Waals surface area contributed by atoms with Crippen molar-refractivity contribution in [2.24, 2.45) is 11.8 Å². The van der Waals surface area contributed by atoms with Crippen molar-refractivity contribution in [2.45, 2.75) is 25.4 Å². The lowest BCUT2D eigenvalue weighted by Crippen LogP contribution is -2.44. The van der Waals surface area contributed by atoms with Crippen LogP contribution in [0.5, 0.6) is 5.75 Å². The summed E-state index contributed by atoms with van der Waals surface area (Å²) in [4.78, 5) is 18.3. The molecular formula is C28H28F2N2O4. The van der Waals surface area contributed by atoms with Crippen LogP contribution in [-0.2, 0) is 4.79 Å². The molecule has 3 atom stereocenters. The summed E-state index contributed by atoms with van der Waals surface area (Å²) in [6, 6.07) is 10.4. The molecule has 1 aliphatic rings. The number of hydrogen-bond acceptors (Lipinski definition) is 5. The molecule has 188 valence electrons. The van der Waals surface area contributed by atoms with Gasteiger partial charge in [0.1, 0.15) is 17.4 Å². The molecule has 0 amide bonds. The monoisotopic (exact) mass is 494 g/mol. The Morgan fingerprint density at radius 3 is 2.86 bits per heavy atom. The molecule has 8 heteroatoms. The summed E-state index contributed by atoms with van der Waals surface area (Å²) in [5.41, 5.74) is 1.47. The van der Waals surface area contributed by atoms with Gasteiger partial charge in [-0.2, -0.15) is 0 Å². The van der Waals surface area contributed by atoms with Crippen molar-refractivity contribution in [1.82, 2.24) is 9.88 Å². The number of carboxylic acid groups (broad SMARTS) is 1. The van der Waals surface area contributed by atoms with Gasteiger partial charge >= 0.3 is 5.97 Å². The molecule has 0 radical (unpaired) electrons. The second kappa shape index (κ2) is 11.5. The molecule has 0 unspecified atom stereocenters. The molecule has 0 saturated carbocycles. The lowest BCUT2D eigenvalue weighted by molar-refractivity contribution is -0.146. The number of fused-ring (bicyclic) bond motifs is 1. The quantitative estimate of drug-likeness (QED) is 0.474. The Kier molecular flexibility index (Phi) is 8.14. The summed E-state index contributed by atoms with van der Waals surface area (Å²) in [6.07, 6.45) is 2.51. The lowest BCUT2D eigenvalue weighted by Gasteiger charge is -2.36. The highest BCUT2D eigenvalue weighted by Gasteiger charge is 2.34. The number of benzene rings is 2. The number of methoxy groups -OCH3 is 1. The van der Waals surface area contributed by atoms with Crippen molar-refractivity contribution < 1.29 is 28.5 Å². The van der Waals surface area contributed by atoms with E-state index in [9.17, 15) is 23.8 Å². The van der Waals surface area contributed by atoms with Crippen molar-refractivity contribution >= 4 is 16.9 Å². The predicted octanol–water partition coefficient (Wildman–Crippen LogP) is 4.41. The Hall–Kier alpha value is -3.54. The molecule has 4 rings (SSSR count). The van der Waals surface area contributed by atoms with Crippen LogP contribution in [0.2, 0.25) is 0 Å². The molecule has 0 bridgehead atoms. The molecule has 2 N–H and O–H groups in total. The van der Waals surface area contributed by atoms with Crippen LogP contribution in [0, 0.1) is 35.3 Å². The van der Waals surface area contributed by atoms with Gasteiger partial charge in [-0.15, -0.1) is 0 Å². The number of nitrogens with zero attached hydrogens (tertiary/aromatic N) is 2. The summed E-state index contributed by atoms with van der Waals surface area (Å²) < 4.78 is 32.4. The van der Waals surface area contributed by atoms with E-state index in [1.807, 2.05) is 23.1 Å². The zero-order chi connectivity index (χ0) is 25.7. The number of hydrogen-bond donors (Lipinski definition) is 2. The molecule has 0 spiro atoms. The normalized spacial score (nSPS) is 18.9. The Balaban J connectivity index is 1.38. The van der Waals surface area contributed by atoms with E-state index in [-0.39, 0.29) is 18.0 Å². The third kappa shape index (κ3) is 5.99. The summed E-state index contributed by atoms with van der Waals surface area (Å²) in [5.74, 6) is 3.40. The number of carbonyl (C=O) groups is 1. The van der Waals surface area contributed by atoms with Gasteiger partial charge in [0.25, 0.3) is 0 Å². The van der Waals surface area contributed by atoms with E-state index in [1.54, 1.807) is 19.4 Å². The Morgan fingerprint density at radius 2 is 2.08 bits per heavy atom. The van der Waals surface area contributed by atoms with Gasteiger partial charge in [0.2, 0.25) is 0 Å². The minimum Gasteiger partial charge on any atom is -0.497 e. The van der Waals surface area contributed by atoms with Gasteiger partial charge in [-0.1, -0.05) is 11.8 Å². The van der Waals surface area contributed by atoms with Gasteiger partial charge in [0, 0.05) is 18.1 Å². The highest BCUT2D eigenvalue weighted by molar-refractivity contribution is 5.83. The molecular weight excluding hydrogens is 466 g/mol. The zero-order valence-corrected chi connectivity index (χ0v) is 20.0. The number of aliphatic carboxylic acids is 1. The number of aliphatic hydroxyl groups excluding tert-OH is 1. The largest absolute Gasteiger partial charge is 0.497 e. The standard InChI is InChI=1S/C28H28F2N2O4/c1-36-21-6-8-26-23(16-21)22(10-12-31-26)27(33)9-4-18-11-14-32(17-24(18)28(34)35)13-2-3-19-15-20(29)5-7-25(19)30/h5-8,10,12,15-16,18,24,27,33H,4,9,11,13-14,17H2,1H3,(H,34,35)/t18-,24+,27-/m1/s1. The number of piperidine rings is 1. The Morgan fingerprint density at radius 1 is 1.25 bits per heavy atom. The first-order chi connectivity index (χ1) is 17.4. The van der Waals surface area contributed by atoms with Crippen molar-refractivity contribution in [3.05, 3.63) is 71.4 Å². The molecule has 1 aliphatic heterocycles. The van der Waals surface area contributed by atoms with Crippen LogP contribution in [0.3, 0.4) is 0 Å². The third-order valence-electron chi connectivity index (χ3n) is 6.76. The van der Waals surface area contributed by atoms with Crippen LogP contribution in [0.15, 0.2) is 48.7 Å². The van der Waals surface area contributed by atoms with Crippen LogP contribution in [0.25, 0.3) is 10.9 Å². The fraction of sp³-hybridized carbons (Fsp3) is 0.357. The number of aliphatic hydroxyl groups is 1. The van der Waals surface area contributed by atoms with E-state index in [1.165, 1.54) is 0 Å². The molecule has 3 aromatic rings. The van der Waals surface area contributed by atoms with Gasteiger partial charge in [-0.25, -0.2) is 8.78 Å². The van der Waals surface area contributed by atoms with E-state index in [2.05, 4.69) is 16.8 Å². The lowest BCUT2D eigenvalue weighted by atomic mass is 9.81. The SMILES string of the molecule is COc1ccc2nccc([C@H](O)CC[C@@H]3CCN(CC#Cc4cc(F)ccc4F)C[C@@H]3C(=O)O)c2c1. The zero-order valence-electron chi connectivity index (χ0n) is 20.0. The maximum Gasteiger partial charge on any atom is 0.308 e. The van der Waals surface area contributed by atoms with Crippen LogP contribution in [0.1, 0.15) is 36.5 Å². The predicted molar refractivity (Wildman–Crippen MR) is 131 cm³/mol. The summed E-state index contributed by atoms with van der Waals surface area (Å²) >= 11 is 0. The number of rotatable bonds is 7. The number of ether oxygens (including phenoxy) is 1. The maximum atomic E-state index is 13.8. The molecule has 2 aromatic carbocycles. The van der Waals surface area contributed by atoms with Crippen molar-refractivity contribution in [1.29, 1.82) is 0 Å². The fourth-order valence-electron chi connectivity index (χ4n) is 4.77. The topological polar surface area (TPSA) is 82.9 Å². The number of halogens is 2. The van der Waals surface area contributed by atoms with E-state index < -0.39 is 29.6 Å². The van der Waals surface area contributed by atoms with Crippen LogP contribution in [-0.4, -0.2) is 52.8 Å². The van der Waals surface area contributed by atoms with Gasteiger partial charge in [-0.3, -0.25) is 14.7 Å². The number of likely N-dealkylation sites (tertiary alicyclic amines) is 1. The van der Waals surface area contributed by atoms with Crippen LogP contribution < -0.4 is 4.74 Å². The maximum absolute atomic E-state index is 13.8. The van der Waals surface area contributed by atoms with Gasteiger partial charge < -0.3 is 14.9 Å². The van der Waals surface area contributed by atoms with Crippen molar-refractivity contribution in [2.75, 3.05) is 26.7 Å². The average molecular weight is 495 g/mol. The Bertz CT molecular complexity index is 1300. The van der Waals surface area contributed by atoms with Gasteiger partial charge in [0.15, 0.2) is 0 Å². The molecule has 1 aromatic heterocycles. The first kappa shape index (κ1) is 25.5. The first-order valence-corrected chi connectivity index (χ1v) is 11.9. The number of pyridine rings is 1. The molecule has 2 heterocycles.